The van der Waals surface area contributed by atoms with Gasteiger partial charge >= 0.3 is 0 Å². The van der Waals surface area contributed by atoms with Crippen LogP contribution in [-0.2, 0) is 10.0 Å². The number of aliphatic hydroxyl groups is 1. The highest BCUT2D eigenvalue weighted by atomic mass is 32.2. The Bertz CT molecular complexity index is 1270. The zero-order valence-electron chi connectivity index (χ0n) is 16.9. The van der Waals surface area contributed by atoms with Crippen molar-refractivity contribution >= 4 is 15.8 Å². The summed E-state index contributed by atoms with van der Waals surface area (Å²) in [6.45, 7) is 1.88. The van der Waals surface area contributed by atoms with Crippen molar-refractivity contribution in [1.82, 2.24) is 24.7 Å². The molecule has 6 rings (SSSR count). The Labute approximate surface area is 179 Å². The maximum absolute atomic E-state index is 13.1. The zero-order valence-corrected chi connectivity index (χ0v) is 17.7. The van der Waals surface area contributed by atoms with E-state index in [9.17, 15) is 13.5 Å². The first-order chi connectivity index (χ1) is 14.7. The molecule has 0 spiro atoms. The van der Waals surface area contributed by atoms with Gasteiger partial charge in [-0.1, -0.05) is 6.07 Å². The molecule has 3 saturated carbocycles. The molecule has 31 heavy (non-hydrogen) atoms. The highest BCUT2D eigenvalue weighted by Crippen LogP contribution is 2.55. The first-order valence-corrected chi connectivity index (χ1v) is 11.4. The topological polar surface area (TPSA) is 144 Å². The number of nitrogens with zero attached hydrogens (tertiary/aromatic N) is 4. The third kappa shape index (κ3) is 3.46. The van der Waals surface area contributed by atoms with Crippen molar-refractivity contribution in [2.45, 2.75) is 48.6 Å². The quantitative estimate of drug-likeness (QED) is 0.547. The molecular formula is C21H22N6O3S. The van der Waals surface area contributed by atoms with Crippen LogP contribution in [-0.4, -0.2) is 44.6 Å². The molecule has 0 aliphatic heterocycles. The molecule has 3 fully saturated rings. The molecule has 3 aromatic rings. The van der Waals surface area contributed by atoms with E-state index in [1.54, 1.807) is 30.5 Å². The average Bonchev–Trinajstić information content (AvgIpc) is 3.21. The smallest absolute Gasteiger partial charge is 0.241 e. The van der Waals surface area contributed by atoms with Gasteiger partial charge in [0.2, 0.25) is 10.0 Å². The summed E-state index contributed by atoms with van der Waals surface area (Å²) in [5.41, 5.74) is 7.67. The molecule has 3 aliphatic carbocycles. The Balaban J connectivity index is 1.51. The summed E-state index contributed by atoms with van der Waals surface area (Å²) < 4.78 is 29.0. The minimum absolute atomic E-state index is 0.145. The Morgan fingerprint density at radius 3 is 2.61 bits per heavy atom. The summed E-state index contributed by atoms with van der Waals surface area (Å²) in [6.07, 6.45) is 6.71. The fourth-order valence-electron chi connectivity index (χ4n) is 4.69. The van der Waals surface area contributed by atoms with E-state index < -0.39 is 21.2 Å². The molecule has 4 N–H and O–H groups in total. The van der Waals surface area contributed by atoms with E-state index in [-0.39, 0.29) is 10.7 Å². The number of nitrogen functional groups attached to an aromatic ring is 1. The summed E-state index contributed by atoms with van der Waals surface area (Å²) >= 11 is 0. The van der Waals surface area contributed by atoms with Gasteiger partial charge in [0.15, 0.2) is 5.82 Å². The summed E-state index contributed by atoms with van der Waals surface area (Å²) in [5.74, 6) is 0.225. The monoisotopic (exact) mass is 438 g/mol. The normalized spacial score (nSPS) is 24.7. The van der Waals surface area contributed by atoms with E-state index in [0.29, 0.717) is 48.3 Å². The molecule has 0 radical (unpaired) electrons. The van der Waals surface area contributed by atoms with Crippen LogP contribution in [0.4, 0.5) is 5.82 Å². The molecular weight excluding hydrogens is 416 g/mol. The molecule has 2 heterocycles. The van der Waals surface area contributed by atoms with Gasteiger partial charge in [0.25, 0.3) is 0 Å². The lowest BCUT2D eigenvalue weighted by molar-refractivity contribution is -0.0362. The minimum atomic E-state index is -3.76. The van der Waals surface area contributed by atoms with Crippen molar-refractivity contribution < 1.29 is 13.5 Å². The fourth-order valence-corrected chi connectivity index (χ4v) is 6.15. The van der Waals surface area contributed by atoms with Gasteiger partial charge in [-0.25, -0.2) is 33.1 Å². The van der Waals surface area contributed by atoms with Crippen LogP contribution in [0.25, 0.3) is 22.6 Å². The summed E-state index contributed by atoms with van der Waals surface area (Å²) in [7, 11) is -3.76. The lowest BCUT2D eigenvalue weighted by atomic mass is 9.74. The molecule has 2 aromatic heterocycles. The molecule has 0 atom stereocenters. The number of fused-ring (bicyclic) bond motifs is 1. The van der Waals surface area contributed by atoms with Crippen molar-refractivity contribution in [3.05, 3.63) is 48.5 Å². The second kappa shape index (κ2) is 6.78. The Kier molecular flexibility index (Phi) is 4.37. The van der Waals surface area contributed by atoms with Gasteiger partial charge in [-0.05, 0) is 56.4 Å². The van der Waals surface area contributed by atoms with E-state index >= 15 is 0 Å². The van der Waals surface area contributed by atoms with Crippen molar-refractivity contribution in [1.29, 1.82) is 0 Å². The van der Waals surface area contributed by atoms with Gasteiger partial charge in [-0.15, -0.1) is 0 Å². The minimum Gasteiger partial charge on any atom is -0.390 e. The van der Waals surface area contributed by atoms with Crippen LogP contribution in [0.2, 0.25) is 0 Å². The molecule has 9 nitrogen and oxygen atoms in total. The Morgan fingerprint density at radius 1 is 1.13 bits per heavy atom. The van der Waals surface area contributed by atoms with Crippen LogP contribution in [0.15, 0.2) is 47.9 Å². The van der Waals surface area contributed by atoms with E-state index in [4.69, 9.17) is 5.73 Å². The maximum atomic E-state index is 13.1. The second-order valence-corrected chi connectivity index (χ2v) is 10.2. The van der Waals surface area contributed by atoms with Crippen LogP contribution < -0.4 is 10.5 Å². The number of rotatable bonds is 5. The molecule has 1 aromatic carbocycles. The Hall–Kier alpha value is -2.95. The number of nitrogens with one attached hydrogen (secondary N) is 1. The number of benzene rings is 1. The number of hydrogen-bond donors (Lipinski definition) is 3. The molecule has 2 bridgehead atoms. The zero-order chi connectivity index (χ0) is 21.9. The first-order valence-electron chi connectivity index (χ1n) is 9.95. The molecule has 10 heteroatoms. The lowest BCUT2D eigenvalue weighted by Gasteiger charge is -2.44. The highest BCUT2D eigenvalue weighted by molar-refractivity contribution is 7.89. The predicted molar refractivity (Wildman–Crippen MR) is 114 cm³/mol. The van der Waals surface area contributed by atoms with Crippen LogP contribution in [0.1, 0.15) is 31.2 Å². The summed E-state index contributed by atoms with van der Waals surface area (Å²) in [5, 5.41) is 10.2. The molecule has 0 saturated heterocycles. The van der Waals surface area contributed by atoms with Gasteiger partial charge < -0.3 is 10.8 Å². The number of hydrogen-bond acceptors (Lipinski definition) is 8. The van der Waals surface area contributed by atoms with Gasteiger partial charge in [0, 0.05) is 17.3 Å². The maximum Gasteiger partial charge on any atom is 0.241 e. The van der Waals surface area contributed by atoms with E-state index in [1.165, 1.54) is 12.5 Å². The number of sulfonamides is 1. The van der Waals surface area contributed by atoms with Gasteiger partial charge in [0.05, 0.1) is 28.1 Å². The van der Waals surface area contributed by atoms with Crippen molar-refractivity contribution in [3.8, 4) is 22.6 Å². The number of nitrogens with two attached hydrogens (primary N) is 1. The lowest BCUT2D eigenvalue weighted by Crippen LogP contribution is -2.58. The summed E-state index contributed by atoms with van der Waals surface area (Å²) in [6, 6.07) is 6.60. The average molecular weight is 439 g/mol. The fraction of sp³-hybridized carbons (Fsp3) is 0.333. The standard InChI is InChI=1S/C21H22N6O3S/c1-13-2-3-14(31(29,30)27-20-5-6-21(28,10-20)11-20)8-15(13)17-9-24-19(22)18(26-17)16-4-7-23-12-25-16/h2-4,7-9,12,27-28H,5-6,10-11H2,1H3,(H2,22,24). The molecule has 0 amide bonds. The summed E-state index contributed by atoms with van der Waals surface area (Å²) in [4.78, 5) is 17.1. The first kappa shape index (κ1) is 20.0. The Morgan fingerprint density at radius 2 is 1.94 bits per heavy atom. The van der Waals surface area contributed by atoms with Gasteiger partial charge in [-0.3, -0.25) is 0 Å². The number of anilines is 1. The van der Waals surface area contributed by atoms with Crippen LogP contribution >= 0.6 is 0 Å². The molecule has 160 valence electrons. The predicted octanol–water partition coefficient (Wildman–Crippen LogP) is 1.83. The largest absolute Gasteiger partial charge is 0.390 e. The van der Waals surface area contributed by atoms with Gasteiger partial charge in [-0.2, -0.15) is 0 Å². The number of aryl methyl sites for hydroxylation is 1. The van der Waals surface area contributed by atoms with Crippen LogP contribution in [0.5, 0.6) is 0 Å². The SMILES string of the molecule is Cc1ccc(S(=O)(=O)NC23CCC(O)(C2)C3)cc1-c1cnc(N)c(-c2ccncn2)n1. The third-order valence-electron chi connectivity index (χ3n) is 6.18. The van der Waals surface area contributed by atoms with Gasteiger partial charge in [0.1, 0.15) is 12.0 Å². The van der Waals surface area contributed by atoms with E-state index in [1.807, 2.05) is 6.92 Å². The van der Waals surface area contributed by atoms with Crippen LogP contribution in [0.3, 0.4) is 0 Å². The van der Waals surface area contributed by atoms with E-state index in [2.05, 4.69) is 24.7 Å². The molecule has 3 aliphatic rings. The second-order valence-electron chi connectivity index (χ2n) is 8.52. The van der Waals surface area contributed by atoms with E-state index in [0.717, 1.165) is 5.56 Å². The molecule has 0 unspecified atom stereocenters. The third-order valence-corrected chi connectivity index (χ3v) is 7.75. The van der Waals surface area contributed by atoms with Crippen molar-refractivity contribution in [3.63, 3.8) is 0 Å². The number of aromatic nitrogens is 4. The van der Waals surface area contributed by atoms with Crippen molar-refractivity contribution in [2.24, 2.45) is 0 Å². The van der Waals surface area contributed by atoms with Crippen molar-refractivity contribution in [2.75, 3.05) is 5.73 Å². The highest BCUT2D eigenvalue weighted by Gasteiger charge is 2.61. The van der Waals surface area contributed by atoms with Crippen LogP contribution in [0, 0.1) is 6.92 Å².